The molecule has 0 atom stereocenters. The molecule has 0 aromatic carbocycles. The minimum atomic E-state index is -0.971. The van der Waals surface area contributed by atoms with E-state index < -0.39 is 5.97 Å². The van der Waals surface area contributed by atoms with Crippen molar-refractivity contribution in [3.63, 3.8) is 0 Å². The monoisotopic (exact) mass is 167 g/mol. The van der Waals surface area contributed by atoms with Crippen LogP contribution in [0.5, 0.6) is 0 Å². The van der Waals surface area contributed by atoms with Gasteiger partial charge in [0.25, 0.3) is 0 Å². The van der Waals surface area contributed by atoms with Crippen molar-refractivity contribution in [2.45, 2.75) is 6.04 Å². The van der Waals surface area contributed by atoms with Gasteiger partial charge >= 0.3 is 5.97 Å². The van der Waals surface area contributed by atoms with E-state index in [1.165, 1.54) is 0 Å². The van der Waals surface area contributed by atoms with Gasteiger partial charge in [0.1, 0.15) is 0 Å². The number of nitrogens with one attached hydrogen (secondary N) is 1. The van der Waals surface area contributed by atoms with Crippen molar-refractivity contribution in [3.05, 3.63) is 18.2 Å². The SMILES string of the molecule is O=C(O)c1cn(C2CNC2)cn1. The number of carboxylic acid groups (broad SMARTS) is 1. The smallest absolute Gasteiger partial charge is 0.356 e. The molecule has 5 nitrogen and oxygen atoms in total. The molecule has 64 valence electrons. The highest BCUT2D eigenvalue weighted by molar-refractivity contribution is 5.84. The third-order valence-corrected chi connectivity index (χ3v) is 2.00. The Morgan fingerprint density at radius 2 is 2.50 bits per heavy atom. The summed E-state index contributed by atoms with van der Waals surface area (Å²) in [4.78, 5) is 14.2. The predicted molar refractivity (Wildman–Crippen MR) is 41.1 cm³/mol. The number of aromatic nitrogens is 2. The Labute approximate surface area is 69.0 Å². The normalized spacial score (nSPS) is 17.3. The summed E-state index contributed by atoms with van der Waals surface area (Å²) in [6.45, 7) is 1.80. The second-order valence-electron chi connectivity index (χ2n) is 2.82. The van der Waals surface area contributed by atoms with Crippen LogP contribution >= 0.6 is 0 Å². The van der Waals surface area contributed by atoms with Gasteiger partial charge in [0.2, 0.25) is 0 Å². The highest BCUT2D eigenvalue weighted by atomic mass is 16.4. The lowest BCUT2D eigenvalue weighted by Crippen LogP contribution is -2.42. The molecule has 0 spiro atoms. The summed E-state index contributed by atoms with van der Waals surface area (Å²) in [6, 6.07) is 0.380. The first-order chi connectivity index (χ1) is 5.77. The number of aromatic carboxylic acids is 1. The van der Waals surface area contributed by atoms with Gasteiger partial charge in [-0.05, 0) is 0 Å². The Morgan fingerprint density at radius 1 is 1.75 bits per heavy atom. The molecule has 1 aliphatic rings. The molecule has 1 aromatic rings. The lowest BCUT2D eigenvalue weighted by Gasteiger charge is -2.27. The Kier molecular flexibility index (Phi) is 1.58. The molecule has 0 unspecified atom stereocenters. The molecule has 2 N–H and O–H groups in total. The first-order valence-electron chi connectivity index (χ1n) is 3.75. The fourth-order valence-electron chi connectivity index (χ4n) is 1.13. The summed E-state index contributed by atoms with van der Waals surface area (Å²) in [7, 11) is 0. The van der Waals surface area contributed by atoms with Gasteiger partial charge in [-0.25, -0.2) is 9.78 Å². The lowest BCUT2D eigenvalue weighted by molar-refractivity contribution is 0.0691. The number of hydrogen-bond acceptors (Lipinski definition) is 3. The largest absolute Gasteiger partial charge is 0.476 e. The summed E-state index contributed by atoms with van der Waals surface area (Å²) in [5.74, 6) is -0.971. The Bertz CT molecular complexity index is 303. The minimum absolute atomic E-state index is 0.113. The van der Waals surface area contributed by atoms with Crippen molar-refractivity contribution in [2.75, 3.05) is 13.1 Å². The van der Waals surface area contributed by atoms with Crippen LogP contribution in [0, 0.1) is 0 Å². The fourth-order valence-corrected chi connectivity index (χ4v) is 1.13. The maximum atomic E-state index is 10.5. The van der Waals surface area contributed by atoms with E-state index in [9.17, 15) is 4.79 Å². The van der Waals surface area contributed by atoms with Crippen LogP contribution in [0.3, 0.4) is 0 Å². The average molecular weight is 167 g/mol. The van der Waals surface area contributed by atoms with Crippen LogP contribution in [0.1, 0.15) is 16.5 Å². The Balaban J connectivity index is 2.17. The second kappa shape index (κ2) is 2.60. The van der Waals surface area contributed by atoms with E-state index in [4.69, 9.17) is 5.11 Å². The van der Waals surface area contributed by atoms with Crippen LogP contribution < -0.4 is 5.32 Å². The molecule has 0 aliphatic carbocycles. The van der Waals surface area contributed by atoms with Gasteiger partial charge in [-0.1, -0.05) is 0 Å². The van der Waals surface area contributed by atoms with E-state index in [0.717, 1.165) is 13.1 Å². The lowest BCUT2D eigenvalue weighted by atomic mass is 10.2. The maximum Gasteiger partial charge on any atom is 0.356 e. The second-order valence-corrected chi connectivity index (χ2v) is 2.82. The quantitative estimate of drug-likeness (QED) is 0.636. The number of rotatable bonds is 2. The molecule has 0 amide bonds. The van der Waals surface area contributed by atoms with E-state index in [0.29, 0.717) is 6.04 Å². The predicted octanol–water partition coefficient (Wildman–Crippen LogP) is -0.274. The Hall–Kier alpha value is -1.36. The zero-order valence-corrected chi connectivity index (χ0v) is 6.40. The molecule has 1 aromatic heterocycles. The fraction of sp³-hybridized carbons (Fsp3) is 0.429. The van der Waals surface area contributed by atoms with Crippen LogP contribution in [-0.4, -0.2) is 33.7 Å². The van der Waals surface area contributed by atoms with Crippen LogP contribution in [0.25, 0.3) is 0 Å². The average Bonchev–Trinajstić information content (AvgIpc) is 2.32. The highest BCUT2D eigenvalue weighted by Gasteiger charge is 2.19. The highest BCUT2D eigenvalue weighted by Crippen LogP contribution is 2.11. The van der Waals surface area contributed by atoms with Crippen molar-refractivity contribution in [3.8, 4) is 0 Å². The number of carboxylic acids is 1. The molecule has 2 rings (SSSR count). The topological polar surface area (TPSA) is 67.2 Å². The third kappa shape index (κ3) is 1.08. The van der Waals surface area contributed by atoms with E-state index in [2.05, 4.69) is 10.3 Å². The van der Waals surface area contributed by atoms with Crippen molar-refractivity contribution < 1.29 is 9.90 Å². The van der Waals surface area contributed by atoms with Crippen molar-refractivity contribution in [1.29, 1.82) is 0 Å². The van der Waals surface area contributed by atoms with E-state index in [1.807, 2.05) is 4.57 Å². The molecule has 12 heavy (non-hydrogen) atoms. The molecular weight excluding hydrogens is 158 g/mol. The molecule has 0 saturated carbocycles. The first-order valence-corrected chi connectivity index (χ1v) is 3.75. The van der Waals surface area contributed by atoms with E-state index in [-0.39, 0.29) is 5.69 Å². The molecule has 1 fully saturated rings. The van der Waals surface area contributed by atoms with Crippen LogP contribution in [-0.2, 0) is 0 Å². The summed E-state index contributed by atoms with van der Waals surface area (Å²) < 4.78 is 1.83. The van der Waals surface area contributed by atoms with Crippen molar-refractivity contribution >= 4 is 5.97 Å². The third-order valence-electron chi connectivity index (χ3n) is 2.00. The number of carbonyl (C=O) groups is 1. The first kappa shape index (κ1) is 7.30. The van der Waals surface area contributed by atoms with E-state index >= 15 is 0 Å². The Morgan fingerprint density at radius 3 is 2.92 bits per heavy atom. The van der Waals surface area contributed by atoms with Gasteiger partial charge in [-0.15, -0.1) is 0 Å². The van der Waals surface area contributed by atoms with Crippen molar-refractivity contribution in [1.82, 2.24) is 14.9 Å². The van der Waals surface area contributed by atoms with Crippen LogP contribution in [0.4, 0.5) is 0 Å². The molecule has 0 bridgehead atoms. The zero-order chi connectivity index (χ0) is 8.55. The van der Waals surface area contributed by atoms with E-state index in [1.54, 1.807) is 12.5 Å². The summed E-state index contributed by atoms with van der Waals surface area (Å²) in [6.07, 6.45) is 3.13. The standard InChI is InChI=1S/C7H9N3O2/c11-7(12)6-3-10(4-9-6)5-1-8-2-5/h3-5,8H,1-2H2,(H,11,12). The van der Waals surface area contributed by atoms with Crippen LogP contribution in [0.2, 0.25) is 0 Å². The number of nitrogens with zero attached hydrogens (tertiary/aromatic N) is 2. The van der Waals surface area contributed by atoms with Gasteiger partial charge in [-0.3, -0.25) is 0 Å². The van der Waals surface area contributed by atoms with Gasteiger partial charge in [-0.2, -0.15) is 0 Å². The number of hydrogen-bond donors (Lipinski definition) is 2. The molecular formula is C7H9N3O2. The molecule has 1 saturated heterocycles. The molecule has 0 radical (unpaired) electrons. The van der Waals surface area contributed by atoms with Gasteiger partial charge in [0, 0.05) is 19.3 Å². The maximum absolute atomic E-state index is 10.5. The summed E-state index contributed by atoms with van der Waals surface area (Å²) in [5.41, 5.74) is 0.113. The molecule has 1 aliphatic heterocycles. The molecule has 5 heteroatoms. The number of imidazole rings is 1. The summed E-state index contributed by atoms with van der Waals surface area (Å²) >= 11 is 0. The minimum Gasteiger partial charge on any atom is -0.476 e. The molecule has 2 heterocycles. The summed E-state index contributed by atoms with van der Waals surface area (Å²) in [5, 5.41) is 11.7. The van der Waals surface area contributed by atoms with Gasteiger partial charge < -0.3 is 15.0 Å². The van der Waals surface area contributed by atoms with Crippen molar-refractivity contribution in [2.24, 2.45) is 0 Å². The van der Waals surface area contributed by atoms with Gasteiger partial charge in [0.05, 0.1) is 12.4 Å². The van der Waals surface area contributed by atoms with Gasteiger partial charge in [0.15, 0.2) is 5.69 Å². The zero-order valence-electron chi connectivity index (χ0n) is 6.40. The van der Waals surface area contributed by atoms with Crippen LogP contribution in [0.15, 0.2) is 12.5 Å².